The SMILES string of the molecule is CCC=C(C)C(=O)N1CCN(S(=O)(=O)c2ccccc2[N+](=O)[O-])CC1. The molecule has 1 aliphatic heterocycles. The van der Waals surface area contributed by atoms with E-state index in [1.54, 1.807) is 11.8 Å². The summed E-state index contributed by atoms with van der Waals surface area (Å²) in [5.41, 5.74) is 0.195. The summed E-state index contributed by atoms with van der Waals surface area (Å²) in [7, 11) is -3.98. The highest BCUT2D eigenvalue weighted by atomic mass is 32.2. The van der Waals surface area contributed by atoms with Crippen LogP contribution in [0.1, 0.15) is 20.3 Å². The van der Waals surface area contributed by atoms with Crippen molar-refractivity contribution in [3.63, 3.8) is 0 Å². The molecule has 0 radical (unpaired) electrons. The maximum atomic E-state index is 12.7. The third kappa shape index (κ3) is 4.05. The normalized spacial score (nSPS) is 16.7. The van der Waals surface area contributed by atoms with Crippen molar-refractivity contribution in [1.82, 2.24) is 9.21 Å². The van der Waals surface area contributed by atoms with Crippen LogP contribution in [0.5, 0.6) is 0 Å². The number of carbonyl (C=O) groups excluding carboxylic acids is 1. The minimum absolute atomic E-state index is 0.107. The molecule has 0 atom stereocenters. The monoisotopic (exact) mass is 367 g/mol. The molecule has 25 heavy (non-hydrogen) atoms. The van der Waals surface area contributed by atoms with Crippen molar-refractivity contribution in [2.45, 2.75) is 25.2 Å². The molecule has 1 heterocycles. The van der Waals surface area contributed by atoms with Crippen LogP contribution in [0, 0.1) is 10.1 Å². The molecule has 0 N–H and O–H groups in total. The third-order valence-electron chi connectivity index (χ3n) is 4.05. The van der Waals surface area contributed by atoms with E-state index in [0.29, 0.717) is 5.57 Å². The summed E-state index contributed by atoms with van der Waals surface area (Å²) in [6, 6.07) is 5.29. The van der Waals surface area contributed by atoms with Crippen LogP contribution in [-0.2, 0) is 14.8 Å². The Hall–Kier alpha value is -2.26. The summed E-state index contributed by atoms with van der Waals surface area (Å²) < 4.78 is 26.7. The molecule has 1 aromatic carbocycles. The molecule has 2 rings (SSSR count). The number of amides is 1. The lowest BCUT2D eigenvalue weighted by molar-refractivity contribution is -0.387. The third-order valence-corrected chi connectivity index (χ3v) is 6.00. The van der Waals surface area contributed by atoms with Gasteiger partial charge in [0.25, 0.3) is 5.69 Å². The molecule has 0 aliphatic carbocycles. The van der Waals surface area contributed by atoms with Gasteiger partial charge in [-0.2, -0.15) is 4.31 Å². The van der Waals surface area contributed by atoms with Gasteiger partial charge in [-0.05, 0) is 19.4 Å². The summed E-state index contributed by atoms with van der Waals surface area (Å²) in [6.07, 6.45) is 2.59. The van der Waals surface area contributed by atoms with Crippen molar-refractivity contribution in [3.05, 3.63) is 46.0 Å². The van der Waals surface area contributed by atoms with E-state index in [2.05, 4.69) is 0 Å². The van der Waals surface area contributed by atoms with Gasteiger partial charge in [0.1, 0.15) is 0 Å². The zero-order chi connectivity index (χ0) is 18.6. The lowest BCUT2D eigenvalue weighted by atomic mass is 10.2. The number of carbonyl (C=O) groups is 1. The maximum Gasteiger partial charge on any atom is 0.289 e. The summed E-state index contributed by atoms with van der Waals surface area (Å²) in [5.74, 6) is -0.107. The zero-order valence-corrected chi connectivity index (χ0v) is 15.0. The number of nitro benzene ring substituents is 1. The van der Waals surface area contributed by atoms with E-state index < -0.39 is 20.6 Å². The van der Waals surface area contributed by atoms with Crippen LogP contribution in [0.15, 0.2) is 40.8 Å². The molecule has 1 amide bonds. The summed E-state index contributed by atoms with van der Waals surface area (Å²) >= 11 is 0. The fraction of sp³-hybridized carbons (Fsp3) is 0.438. The van der Waals surface area contributed by atoms with Crippen LogP contribution >= 0.6 is 0 Å². The van der Waals surface area contributed by atoms with E-state index in [0.717, 1.165) is 6.42 Å². The van der Waals surface area contributed by atoms with Crippen LogP contribution in [0.2, 0.25) is 0 Å². The fourth-order valence-electron chi connectivity index (χ4n) is 2.74. The average molecular weight is 367 g/mol. The largest absolute Gasteiger partial charge is 0.336 e. The Bertz CT molecular complexity index is 796. The summed E-state index contributed by atoms with van der Waals surface area (Å²) in [6.45, 7) is 4.41. The number of piperazine rings is 1. The van der Waals surface area contributed by atoms with E-state index in [1.165, 1.54) is 28.6 Å². The number of allylic oxidation sites excluding steroid dienone is 1. The fourth-order valence-corrected chi connectivity index (χ4v) is 4.32. The average Bonchev–Trinajstić information content (AvgIpc) is 2.61. The lowest BCUT2D eigenvalue weighted by Crippen LogP contribution is -2.50. The van der Waals surface area contributed by atoms with Gasteiger partial charge < -0.3 is 4.90 Å². The van der Waals surface area contributed by atoms with Crippen molar-refractivity contribution in [2.75, 3.05) is 26.2 Å². The standard InChI is InChI=1S/C16H21N3O5S/c1-3-6-13(2)16(20)17-9-11-18(12-10-17)25(23,24)15-8-5-4-7-14(15)19(21)22/h4-8H,3,9-12H2,1-2H3. The number of nitrogens with zero attached hydrogens (tertiary/aromatic N) is 3. The quantitative estimate of drug-likeness (QED) is 0.449. The van der Waals surface area contributed by atoms with Gasteiger partial charge in [0.15, 0.2) is 4.90 Å². The topological polar surface area (TPSA) is 101 Å². The molecule has 0 spiro atoms. The van der Waals surface area contributed by atoms with Crippen molar-refractivity contribution in [2.24, 2.45) is 0 Å². The highest BCUT2D eigenvalue weighted by Gasteiger charge is 2.34. The molecule has 0 unspecified atom stereocenters. The Morgan fingerprint density at radius 1 is 1.24 bits per heavy atom. The van der Waals surface area contributed by atoms with Gasteiger partial charge in [0.05, 0.1) is 4.92 Å². The van der Waals surface area contributed by atoms with Gasteiger partial charge in [-0.3, -0.25) is 14.9 Å². The second-order valence-corrected chi connectivity index (χ2v) is 7.62. The molecule has 0 bridgehead atoms. The number of rotatable bonds is 5. The molecule has 0 saturated carbocycles. The van der Waals surface area contributed by atoms with E-state index in [4.69, 9.17) is 0 Å². The molecule has 1 saturated heterocycles. The number of para-hydroxylation sites is 1. The molecule has 1 fully saturated rings. The minimum atomic E-state index is -3.98. The van der Waals surface area contributed by atoms with Gasteiger partial charge in [-0.1, -0.05) is 25.1 Å². The molecular formula is C16H21N3O5S. The predicted octanol–water partition coefficient (Wildman–Crippen LogP) is 1.78. The van der Waals surface area contributed by atoms with E-state index >= 15 is 0 Å². The number of hydrogen-bond acceptors (Lipinski definition) is 5. The Morgan fingerprint density at radius 3 is 2.40 bits per heavy atom. The molecule has 9 heteroatoms. The van der Waals surface area contributed by atoms with Crippen molar-refractivity contribution >= 4 is 21.6 Å². The first-order chi connectivity index (χ1) is 11.8. The highest BCUT2D eigenvalue weighted by molar-refractivity contribution is 7.89. The molecule has 0 aromatic heterocycles. The Balaban J connectivity index is 2.16. The Kier molecular flexibility index (Phi) is 5.91. The first kappa shape index (κ1) is 19.1. The second kappa shape index (κ2) is 7.75. The van der Waals surface area contributed by atoms with Crippen molar-refractivity contribution in [1.29, 1.82) is 0 Å². The zero-order valence-electron chi connectivity index (χ0n) is 14.2. The number of sulfonamides is 1. The summed E-state index contributed by atoms with van der Waals surface area (Å²) in [4.78, 5) is 23.9. The smallest absolute Gasteiger partial charge is 0.289 e. The van der Waals surface area contributed by atoms with E-state index in [9.17, 15) is 23.3 Å². The van der Waals surface area contributed by atoms with Crippen LogP contribution in [0.3, 0.4) is 0 Å². The summed E-state index contributed by atoms with van der Waals surface area (Å²) in [5, 5.41) is 11.1. The second-order valence-electron chi connectivity index (χ2n) is 5.72. The molecule has 136 valence electrons. The molecule has 8 nitrogen and oxygen atoms in total. The number of hydrogen-bond donors (Lipinski definition) is 0. The van der Waals surface area contributed by atoms with Crippen LogP contribution < -0.4 is 0 Å². The van der Waals surface area contributed by atoms with Gasteiger partial charge in [0, 0.05) is 37.8 Å². The van der Waals surface area contributed by atoms with Gasteiger partial charge in [-0.15, -0.1) is 0 Å². The van der Waals surface area contributed by atoms with Crippen molar-refractivity contribution < 1.29 is 18.1 Å². The first-order valence-corrected chi connectivity index (χ1v) is 9.42. The first-order valence-electron chi connectivity index (χ1n) is 7.98. The van der Waals surface area contributed by atoms with Crippen LogP contribution in [-0.4, -0.2) is 54.6 Å². The van der Waals surface area contributed by atoms with Gasteiger partial charge in [-0.25, -0.2) is 8.42 Å². The van der Waals surface area contributed by atoms with E-state index in [-0.39, 0.29) is 37.0 Å². The van der Waals surface area contributed by atoms with Crippen molar-refractivity contribution in [3.8, 4) is 0 Å². The molecule has 1 aliphatic rings. The Morgan fingerprint density at radius 2 is 1.84 bits per heavy atom. The molecular weight excluding hydrogens is 346 g/mol. The minimum Gasteiger partial charge on any atom is -0.336 e. The Labute approximate surface area is 146 Å². The number of nitro groups is 1. The number of benzene rings is 1. The lowest BCUT2D eigenvalue weighted by Gasteiger charge is -2.34. The van der Waals surface area contributed by atoms with Crippen LogP contribution in [0.4, 0.5) is 5.69 Å². The maximum absolute atomic E-state index is 12.7. The predicted molar refractivity (Wildman–Crippen MR) is 92.5 cm³/mol. The van der Waals surface area contributed by atoms with E-state index in [1.807, 2.05) is 13.0 Å². The highest BCUT2D eigenvalue weighted by Crippen LogP contribution is 2.27. The van der Waals surface area contributed by atoms with Gasteiger partial charge in [0.2, 0.25) is 15.9 Å². The van der Waals surface area contributed by atoms with Crippen LogP contribution in [0.25, 0.3) is 0 Å². The molecule has 1 aromatic rings. The van der Waals surface area contributed by atoms with Gasteiger partial charge >= 0.3 is 0 Å².